The van der Waals surface area contributed by atoms with Crippen molar-refractivity contribution in [1.82, 2.24) is 10.3 Å². The van der Waals surface area contributed by atoms with E-state index in [1.807, 2.05) is 18.2 Å². The van der Waals surface area contributed by atoms with Crippen LogP contribution in [0.4, 0.5) is 0 Å². The third-order valence-corrected chi connectivity index (χ3v) is 4.90. The quantitative estimate of drug-likeness (QED) is 0.757. The summed E-state index contributed by atoms with van der Waals surface area (Å²) < 4.78 is 0. The number of rotatable bonds is 4. The molecule has 1 aliphatic carbocycles. The van der Waals surface area contributed by atoms with Gasteiger partial charge in [-0.3, -0.25) is 4.79 Å². The minimum Gasteiger partial charge on any atom is -0.358 e. The Morgan fingerprint density at radius 3 is 2.83 bits per heavy atom. The van der Waals surface area contributed by atoms with Gasteiger partial charge in [-0.1, -0.05) is 42.0 Å². The van der Waals surface area contributed by atoms with Gasteiger partial charge in [0.15, 0.2) is 0 Å². The Labute approximate surface area is 142 Å². The molecule has 1 heterocycles. The number of carbonyl (C=O) groups is 1. The molecule has 2 N–H and O–H groups in total. The zero-order valence-electron chi connectivity index (χ0n) is 13.9. The molecular weight excluding hydrogens is 296 g/mol. The van der Waals surface area contributed by atoms with E-state index in [0.717, 1.165) is 19.3 Å². The molecular formula is C21H22N2O. The SMILES string of the molecule is Cc1ccc2[nH]c3c(c2c1)CC(NC(=O)CCc1ccccc1)C3. The fourth-order valence-electron chi connectivity index (χ4n) is 3.69. The van der Waals surface area contributed by atoms with Gasteiger partial charge in [0, 0.05) is 35.5 Å². The second-order valence-electron chi connectivity index (χ2n) is 6.79. The lowest BCUT2D eigenvalue weighted by Crippen LogP contribution is -2.35. The van der Waals surface area contributed by atoms with Gasteiger partial charge in [0.05, 0.1) is 0 Å². The van der Waals surface area contributed by atoms with Crippen LogP contribution >= 0.6 is 0 Å². The topological polar surface area (TPSA) is 44.9 Å². The first-order chi connectivity index (χ1) is 11.7. The van der Waals surface area contributed by atoms with E-state index in [4.69, 9.17) is 0 Å². The zero-order valence-corrected chi connectivity index (χ0v) is 13.9. The number of fused-ring (bicyclic) bond motifs is 3. The van der Waals surface area contributed by atoms with Crippen LogP contribution in [0.2, 0.25) is 0 Å². The molecule has 1 unspecified atom stereocenters. The summed E-state index contributed by atoms with van der Waals surface area (Å²) >= 11 is 0. The maximum Gasteiger partial charge on any atom is 0.220 e. The molecule has 0 saturated carbocycles. The highest BCUT2D eigenvalue weighted by Gasteiger charge is 2.26. The van der Waals surface area contributed by atoms with Crippen molar-refractivity contribution in [3.05, 3.63) is 70.9 Å². The van der Waals surface area contributed by atoms with Crippen LogP contribution in [-0.4, -0.2) is 16.9 Å². The van der Waals surface area contributed by atoms with Crippen molar-refractivity contribution in [2.24, 2.45) is 0 Å². The van der Waals surface area contributed by atoms with Gasteiger partial charge < -0.3 is 10.3 Å². The van der Waals surface area contributed by atoms with Crippen molar-refractivity contribution in [2.45, 2.75) is 38.6 Å². The van der Waals surface area contributed by atoms with Crippen LogP contribution in [0.5, 0.6) is 0 Å². The number of H-pyrrole nitrogens is 1. The molecule has 4 rings (SSSR count). The third kappa shape index (κ3) is 2.94. The number of hydrogen-bond acceptors (Lipinski definition) is 1. The van der Waals surface area contributed by atoms with Crippen LogP contribution < -0.4 is 5.32 Å². The van der Waals surface area contributed by atoms with Gasteiger partial charge in [0.2, 0.25) is 5.91 Å². The van der Waals surface area contributed by atoms with Crippen LogP contribution in [0.1, 0.15) is 28.8 Å². The van der Waals surface area contributed by atoms with Crippen LogP contribution in [0.25, 0.3) is 10.9 Å². The number of benzene rings is 2. The number of aromatic amines is 1. The van der Waals surface area contributed by atoms with Crippen molar-refractivity contribution in [3.63, 3.8) is 0 Å². The van der Waals surface area contributed by atoms with Gasteiger partial charge in [0.1, 0.15) is 0 Å². The van der Waals surface area contributed by atoms with E-state index in [1.165, 1.54) is 33.3 Å². The molecule has 1 aliphatic rings. The van der Waals surface area contributed by atoms with Crippen molar-refractivity contribution in [2.75, 3.05) is 0 Å². The molecule has 0 spiro atoms. The highest BCUT2D eigenvalue weighted by Crippen LogP contribution is 2.30. The van der Waals surface area contributed by atoms with Crippen LogP contribution in [0, 0.1) is 6.92 Å². The van der Waals surface area contributed by atoms with E-state index in [9.17, 15) is 4.79 Å². The van der Waals surface area contributed by atoms with Gasteiger partial charge in [-0.15, -0.1) is 0 Å². The molecule has 3 aromatic rings. The summed E-state index contributed by atoms with van der Waals surface area (Å²) in [6, 6.07) is 16.9. The largest absolute Gasteiger partial charge is 0.358 e. The minimum absolute atomic E-state index is 0.148. The number of aromatic nitrogens is 1. The Hall–Kier alpha value is -2.55. The standard InChI is InChI=1S/C21H22N2O/c1-14-7-9-19-17(11-14)18-12-16(13-20(18)23-19)22-21(24)10-8-15-5-3-2-4-6-15/h2-7,9,11,16,23H,8,10,12-13H2,1H3,(H,22,24). The van der Waals surface area contributed by atoms with E-state index in [-0.39, 0.29) is 11.9 Å². The highest BCUT2D eigenvalue weighted by atomic mass is 16.1. The van der Waals surface area contributed by atoms with Gasteiger partial charge in [-0.2, -0.15) is 0 Å². The average molecular weight is 318 g/mol. The summed E-state index contributed by atoms with van der Waals surface area (Å²) in [5.41, 5.74) is 6.36. The fourth-order valence-corrected chi connectivity index (χ4v) is 3.69. The number of hydrogen-bond donors (Lipinski definition) is 2. The predicted octanol–water partition coefficient (Wildman–Crippen LogP) is 3.69. The Balaban J connectivity index is 1.38. The van der Waals surface area contributed by atoms with Crippen molar-refractivity contribution < 1.29 is 4.79 Å². The first-order valence-corrected chi connectivity index (χ1v) is 8.62. The summed E-state index contributed by atoms with van der Waals surface area (Å²) in [6.45, 7) is 2.12. The van der Waals surface area contributed by atoms with Gasteiger partial charge >= 0.3 is 0 Å². The fraction of sp³-hybridized carbons (Fsp3) is 0.286. The Bertz CT molecular complexity index is 879. The van der Waals surface area contributed by atoms with Crippen LogP contribution in [0.15, 0.2) is 48.5 Å². The Morgan fingerprint density at radius 2 is 2.00 bits per heavy atom. The smallest absolute Gasteiger partial charge is 0.220 e. The molecule has 0 aliphatic heterocycles. The number of aryl methyl sites for hydroxylation is 2. The van der Waals surface area contributed by atoms with E-state index in [0.29, 0.717) is 6.42 Å². The lowest BCUT2D eigenvalue weighted by molar-refractivity contribution is -0.121. The molecule has 0 saturated heterocycles. The maximum absolute atomic E-state index is 12.2. The second-order valence-corrected chi connectivity index (χ2v) is 6.79. The summed E-state index contributed by atoms with van der Waals surface area (Å²) in [4.78, 5) is 15.8. The number of amides is 1. The molecule has 0 fully saturated rings. The summed E-state index contributed by atoms with van der Waals surface area (Å²) in [5, 5.41) is 4.51. The molecule has 0 radical (unpaired) electrons. The van der Waals surface area contributed by atoms with Crippen LogP contribution in [0.3, 0.4) is 0 Å². The summed E-state index contributed by atoms with van der Waals surface area (Å²) in [6.07, 6.45) is 3.18. The molecule has 1 atom stereocenters. The summed E-state index contributed by atoms with van der Waals surface area (Å²) in [5.74, 6) is 0.148. The number of carbonyl (C=O) groups excluding carboxylic acids is 1. The minimum atomic E-state index is 0.148. The number of nitrogens with one attached hydrogen (secondary N) is 2. The molecule has 3 heteroatoms. The van der Waals surface area contributed by atoms with E-state index < -0.39 is 0 Å². The molecule has 0 bridgehead atoms. The molecule has 122 valence electrons. The highest BCUT2D eigenvalue weighted by molar-refractivity contribution is 5.86. The predicted molar refractivity (Wildman–Crippen MR) is 97.1 cm³/mol. The van der Waals surface area contributed by atoms with Gasteiger partial charge in [-0.25, -0.2) is 0 Å². The van der Waals surface area contributed by atoms with Crippen LogP contribution in [-0.2, 0) is 24.1 Å². The summed E-state index contributed by atoms with van der Waals surface area (Å²) in [7, 11) is 0. The first-order valence-electron chi connectivity index (χ1n) is 8.62. The monoisotopic (exact) mass is 318 g/mol. The second kappa shape index (κ2) is 6.16. The first kappa shape index (κ1) is 15.0. The van der Waals surface area contributed by atoms with E-state index in [1.54, 1.807) is 0 Å². The van der Waals surface area contributed by atoms with Crippen molar-refractivity contribution >= 4 is 16.8 Å². The lowest BCUT2D eigenvalue weighted by atomic mass is 10.1. The molecule has 24 heavy (non-hydrogen) atoms. The van der Waals surface area contributed by atoms with E-state index in [2.05, 4.69) is 47.6 Å². The maximum atomic E-state index is 12.2. The Kier molecular flexibility index (Phi) is 3.85. The third-order valence-electron chi connectivity index (χ3n) is 4.90. The Morgan fingerprint density at radius 1 is 1.17 bits per heavy atom. The molecule has 1 aromatic heterocycles. The van der Waals surface area contributed by atoms with Crippen molar-refractivity contribution in [3.8, 4) is 0 Å². The zero-order chi connectivity index (χ0) is 16.5. The molecule has 2 aromatic carbocycles. The van der Waals surface area contributed by atoms with Gasteiger partial charge in [-0.05, 0) is 43.0 Å². The van der Waals surface area contributed by atoms with Gasteiger partial charge in [0.25, 0.3) is 0 Å². The molecule has 1 amide bonds. The average Bonchev–Trinajstić information content (AvgIpc) is 3.11. The normalized spacial score (nSPS) is 16.3. The molecule has 3 nitrogen and oxygen atoms in total. The van der Waals surface area contributed by atoms with E-state index >= 15 is 0 Å². The van der Waals surface area contributed by atoms with Crippen molar-refractivity contribution in [1.29, 1.82) is 0 Å². The lowest BCUT2D eigenvalue weighted by Gasteiger charge is -2.12.